The highest BCUT2D eigenvalue weighted by atomic mass is 15.1. The Kier molecular flexibility index (Phi) is 5.77. The number of hydrogen-bond donors (Lipinski definition) is 1. The highest BCUT2D eigenvalue weighted by Crippen LogP contribution is 1.80. The van der Waals surface area contributed by atoms with E-state index in [9.17, 15) is 0 Å². The van der Waals surface area contributed by atoms with E-state index in [0.717, 1.165) is 19.5 Å². The first-order chi connectivity index (χ1) is 4.81. The van der Waals surface area contributed by atoms with E-state index in [1.807, 2.05) is 11.9 Å². The van der Waals surface area contributed by atoms with Crippen molar-refractivity contribution in [3.63, 3.8) is 0 Å². The number of hydrogen-bond acceptors (Lipinski definition) is 2. The molecule has 0 atom stereocenters. The molecule has 0 amide bonds. The molecule has 58 valence electrons. The van der Waals surface area contributed by atoms with Gasteiger partial charge in [0.15, 0.2) is 0 Å². The summed E-state index contributed by atoms with van der Waals surface area (Å²) in [5.41, 5.74) is 5.31. The number of aliphatic imine (C=N–C) groups is 1. The highest BCUT2D eigenvalue weighted by Gasteiger charge is 1.87. The fraction of sp³-hybridized carbons (Fsp3) is 0.571. The van der Waals surface area contributed by atoms with Gasteiger partial charge in [0.1, 0.15) is 0 Å². The highest BCUT2D eigenvalue weighted by molar-refractivity contribution is 5.55. The summed E-state index contributed by atoms with van der Waals surface area (Å²) in [5.74, 6) is 0. The molecule has 0 aromatic carbocycles. The predicted octanol–water partition coefficient (Wildman–Crippen LogP) is 0.439. The third-order valence-electron chi connectivity index (χ3n) is 1.08. The zero-order valence-corrected chi connectivity index (χ0v) is 6.45. The second-order valence-corrected chi connectivity index (χ2v) is 2.07. The van der Waals surface area contributed by atoms with Crippen LogP contribution in [0.1, 0.15) is 6.42 Å². The molecule has 0 rings (SSSR count). The minimum atomic E-state index is 0.728. The molecule has 3 heteroatoms. The summed E-state index contributed by atoms with van der Waals surface area (Å²) in [4.78, 5) is 5.83. The van der Waals surface area contributed by atoms with Crippen molar-refractivity contribution >= 4 is 6.34 Å². The molecule has 0 saturated carbocycles. The van der Waals surface area contributed by atoms with Crippen LogP contribution < -0.4 is 5.73 Å². The molecule has 0 aliphatic carbocycles. The third kappa shape index (κ3) is 5.31. The Labute approximate surface area is 62.2 Å². The van der Waals surface area contributed by atoms with Crippen molar-refractivity contribution in [1.29, 1.82) is 0 Å². The van der Waals surface area contributed by atoms with Gasteiger partial charge in [-0.15, -0.1) is 0 Å². The molecule has 0 spiro atoms. The van der Waals surface area contributed by atoms with Crippen LogP contribution in [0.5, 0.6) is 0 Å². The molecule has 10 heavy (non-hydrogen) atoms. The summed E-state index contributed by atoms with van der Waals surface area (Å²) in [6, 6.07) is 0. The Balaban J connectivity index is 3.32. The molecule has 2 N–H and O–H groups in total. The largest absolute Gasteiger partial charge is 0.366 e. The molecular weight excluding hydrogens is 126 g/mol. The van der Waals surface area contributed by atoms with E-state index in [2.05, 4.69) is 11.6 Å². The van der Waals surface area contributed by atoms with Crippen molar-refractivity contribution in [3.05, 3.63) is 12.8 Å². The lowest BCUT2D eigenvalue weighted by atomic mass is 10.4. The smallest absolute Gasteiger partial charge is 0.0902 e. The average molecular weight is 141 g/mol. The van der Waals surface area contributed by atoms with Crippen LogP contribution in [-0.4, -0.2) is 31.4 Å². The van der Waals surface area contributed by atoms with Crippen molar-refractivity contribution in [2.75, 3.05) is 20.1 Å². The lowest BCUT2D eigenvalue weighted by molar-refractivity contribution is 0.505. The van der Waals surface area contributed by atoms with Crippen molar-refractivity contribution < 1.29 is 0 Å². The quantitative estimate of drug-likeness (QED) is 0.446. The zero-order valence-electron chi connectivity index (χ0n) is 6.45. The first kappa shape index (κ1) is 9.17. The fourth-order valence-electron chi connectivity index (χ4n) is 0.559. The van der Waals surface area contributed by atoms with Crippen LogP contribution in [0.2, 0.25) is 0 Å². The fourth-order valence-corrected chi connectivity index (χ4v) is 0.559. The standard InChI is InChI=1S/C7H15N3/c1-3-9-7-10(2)6-4-5-8/h3,7H,1,4-6,8H2,2H3/b9-7+. The SMILES string of the molecule is C=C/N=C/N(C)CCCN. The van der Waals surface area contributed by atoms with Crippen molar-refractivity contribution in [2.24, 2.45) is 10.7 Å². The lowest BCUT2D eigenvalue weighted by Gasteiger charge is -2.10. The van der Waals surface area contributed by atoms with Gasteiger partial charge in [-0.2, -0.15) is 0 Å². The molecular formula is C7H15N3. The Morgan fingerprint density at radius 1 is 1.70 bits per heavy atom. The van der Waals surface area contributed by atoms with Crippen LogP contribution >= 0.6 is 0 Å². The molecule has 0 fully saturated rings. The van der Waals surface area contributed by atoms with Gasteiger partial charge < -0.3 is 10.6 Å². The molecule has 3 nitrogen and oxygen atoms in total. The van der Waals surface area contributed by atoms with Crippen molar-refractivity contribution in [3.8, 4) is 0 Å². The maximum atomic E-state index is 5.31. The number of nitrogens with zero attached hydrogens (tertiary/aromatic N) is 2. The van der Waals surface area contributed by atoms with Crippen LogP contribution in [0.3, 0.4) is 0 Å². The molecule has 0 unspecified atom stereocenters. The van der Waals surface area contributed by atoms with Gasteiger partial charge in [-0.05, 0) is 13.0 Å². The summed E-state index contributed by atoms with van der Waals surface area (Å²) in [5, 5.41) is 0. The number of rotatable bonds is 5. The van der Waals surface area contributed by atoms with Crippen LogP contribution in [-0.2, 0) is 0 Å². The van der Waals surface area contributed by atoms with Crippen LogP contribution in [0.15, 0.2) is 17.8 Å². The van der Waals surface area contributed by atoms with Crippen molar-refractivity contribution in [2.45, 2.75) is 6.42 Å². The summed E-state index contributed by atoms with van der Waals surface area (Å²) in [7, 11) is 1.96. The molecule has 0 heterocycles. The van der Waals surface area contributed by atoms with E-state index in [-0.39, 0.29) is 0 Å². The Morgan fingerprint density at radius 2 is 2.40 bits per heavy atom. The van der Waals surface area contributed by atoms with Gasteiger partial charge in [0.05, 0.1) is 6.34 Å². The molecule has 0 aromatic rings. The third-order valence-corrected chi connectivity index (χ3v) is 1.08. The van der Waals surface area contributed by atoms with Crippen LogP contribution in [0, 0.1) is 0 Å². The van der Waals surface area contributed by atoms with Gasteiger partial charge >= 0.3 is 0 Å². The molecule has 0 bridgehead atoms. The lowest BCUT2D eigenvalue weighted by Crippen LogP contribution is -2.19. The zero-order chi connectivity index (χ0) is 7.82. The molecule has 0 aliphatic heterocycles. The second kappa shape index (κ2) is 6.29. The first-order valence-corrected chi connectivity index (χ1v) is 3.35. The summed E-state index contributed by atoms with van der Waals surface area (Å²) in [6.45, 7) is 5.14. The number of nitrogens with two attached hydrogens (primary N) is 1. The van der Waals surface area contributed by atoms with E-state index in [1.54, 1.807) is 6.34 Å². The molecule has 0 aliphatic rings. The topological polar surface area (TPSA) is 41.6 Å². The normalized spacial score (nSPS) is 10.2. The predicted molar refractivity (Wildman–Crippen MR) is 45.0 cm³/mol. The molecule has 0 saturated heterocycles. The molecule has 0 radical (unpaired) electrons. The minimum Gasteiger partial charge on any atom is -0.366 e. The van der Waals surface area contributed by atoms with Gasteiger partial charge in [-0.1, -0.05) is 6.58 Å². The van der Waals surface area contributed by atoms with Gasteiger partial charge in [-0.25, -0.2) is 4.99 Å². The Morgan fingerprint density at radius 3 is 2.90 bits per heavy atom. The van der Waals surface area contributed by atoms with Gasteiger partial charge in [0.2, 0.25) is 0 Å². The van der Waals surface area contributed by atoms with E-state index < -0.39 is 0 Å². The van der Waals surface area contributed by atoms with E-state index >= 15 is 0 Å². The van der Waals surface area contributed by atoms with E-state index in [4.69, 9.17) is 5.73 Å². The van der Waals surface area contributed by atoms with Gasteiger partial charge in [-0.3, -0.25) is 0 Å². The second-order valence-electron chi connectivity index (χ2n) is 2.07. The average Bonchev–Trinajstić information content (AvgIpc) is 1.97. The maximum Gasteiger partial charge on any atom is 0.0902 e. The summed E-state index contributed by atoms with van der Waals surface area (Å²) >= 11 is 0. The summed E-state index contributed by atoms with van der Waals surface area (Å²) in [6.07, 6.45) is 4.25. The first-order valence-electron chi connectivity index (χ1n) is 3.35. The van der Waals surface area contributed by atoms with Gasteiger partial charge in [0, 0.05) is 19.8 Å². The Bertz CT molecular complexity index is 109. The van der Waals surface area contributed by atoms with E-state index in [0.29, 0.717) is 0 Å². The monoisotopic (exact) mass is 141 g/mol. The maximum absolute atomic E-state index is 5.31. The summed E-state index contributed by atoms with van der Waals surface area (Å²) < 4.78 is 0. The molecule has 0 aromatic heterocycles. The van der Waals surface area contributed by atoms with E-state index in [1.165, 1.54) is 6.20 Å². The van der Waals surface area contributed by atoms with Crippen LogP contribution in [0.4, 0.5) is 0 Å². The van der Waals surface area contributed by atoms with Gasteiger partial charge in [0.25, 0.3) is 0 Å². The minimum absolute atomic E-state index is 0.728. The van der Waals surface area contributed by atoms with Crippen molar-refractivity contribution in [1.82, 2.24) is 4.90 Å². The Hall–Kier alpha value is -0.830. The van der Waals surface area contributed by atoms with Crippen LogP contribution in [0.25, 0.3) is 0 Å².